The van der Waals surface area contributed by atoms with Crippen molar-refractivity contribution in [3.8, 4) is 0 Å². The number of hydrogen-bond donors (Lipinski definition) is 2. The van der Waals surface area contributed by atoms with Gasteiger partial charge in [-0.05, 0) is 54.4 Å². The molecule has 0 aromatic heterocycles. The van der Waals surface area contributed by atoms with Gasteiger partial charge in [0.05, 0.1) is 5.92 Å². The SMILES string of the molecule is C=C1CCC(O)(O)C/C1=C/C=C1\CCC[C@]2(C)[C@@H]([C@H](C)CCCC(C)C)CC(OC(C)=O)(OC(C)=O)[C@@H]12. The molecule has 3 rings (SSSR count). The van der Waals surface area contributed by atoms with Crippen LogP contribution in [0.2, 0.25) is 0 Å². The highest BCUT2D eigenvalue weighted by Crippen LogP contribution is 2.65. The normalized spacial score (nSPS) is 31.9. The molecule has 6 heteroatoms. The van der Waals surface area contributed by atoms with E-state index in [2.05, 4.69) is 34.3 Å². The van der Waals surface area contributed by atoms with E-state index < -0.39 is 23.5 Å². The number of allylic oxidation sites excluding steroid dienone is 3. The first kappa shape index (κ1) is 29.6. The molecule has 0 aliphatic heterocycles. The van der Waals surface area contributed by atoms with Crippen LogP contribution in [0.4, 0.5) is 0 Å². The molecule has 4 atom stereocenters. The molecule has 6 nitrogen and oxygen atoms in total. The molecule has 0 unspecified atom stereocenters. The number of ether oxygens (including phenoxy) is 2. The van der Waals surface area contributed by atoms with Gasteiger partial charge in [-0.2, -0.15) is 0 Å². The fraction of sp³-hybridized carbons (Fsp3) is 0.742. The summed E-state index contributed by atoms with van der Waals surface area (Å²) in [5, 5.41) is 20.4. The Bertz CT molecular complexity index is 925. The average Bonchev–Trinajstić information content (AvgIpc) is 3.01. The Hall–Kier alpha value is -1.92. The zero-order valence-electron chi connectivity index (χ0n) is 23.8. The van der Waals surface area contributed by atoms with Gasteiger partial charge in [0, 0.05) is 33.1 Å². The van der Waals surface area contributed by atoms with Crippen LogP contribution in [-0.4, -0.2) is 33.7 Å². The first-order valence-corrected chi connectivity index (χ1v) is 14.1. The number of rotatable bonds is 8. The van der Waals surface area contributed by atoms with E-state index in [4.69, 9.17) is 9.47 Å². The third-order valence-electron chi connectivity index (χ3n) is 9.02. The molecular weight excluding hydrogens is 468 g/mol. The van der Waals surface area contributed by atoms with Gasteiger partial charge in [0.2, 0.25) is 0 Å². The van der Waals surface area contributed by atoms with Crippen molar-refractivity contribution in [2.75, 3.05) is 0 Å². The molecule has 0 heterocycles. The van der Waals surface area contributed by atoms with Crippen molar-refractivity contribution in [3.63, 3.8) is 0 Å². The van der Waals surface area contributed by atoms with E-state index in [0.29, 0.717) is 24.7 Å². The van der Waals surface area contributed by atoms with E-state index >= 15 is 0 Å². The zero-order chi connectivity index (χ0) is 27.6. The summed E-state index contributed by atoms with van der Waals surface area (Å²) in [4.78, 5) is 24.8. The molecule has 3 aliphatic carbocycles. The second kappa shape index (κ2) is 11.4. The van der Waals surface area contributed by atoms with Crippen LogP contribution in [0.1, 0.15) is 106 Å². The Labute approximate surface area is 223 Å². The van der Waals surface area contributed by atoms with Gasteiger partial charge in [0.1, 0.15) is 0 Å². The lowest BCUT2D eigenvalue weighted by atomic mass is 9.60. The highest BCUT2D eigenvalue weighted by molar-refractivity contribution is 5.69. The van der Waals surface area contributed by atoms with Gasteiger partial charge >= 0.3 is 11.9 Å². The van der Waals surface area contributed by atoms with Gasteiger partial charge in [-0.15, -0.1) is 0 Å². The van der Waals surface area contributed by atoms with Crippen LogP contribution in [0.5, 0.6) is 0 Å². The number of aliphatic hydroxyl groups is 2. The van der Waals surface area contributed by atoms with Crippen LogP contribution in [0.15, 0.2) is 35.5 Å². The first-order chi connectivity index (χ1) is 17.2. The smallest absolute Gasteiger partial charge is 0.305 e. The number of carbonyl (C=O) groups is 2. The molecule has 37 heavy (non-hydrogen) atoms. The molecule has 0 amide bonds. The topological polar surface area (TPSA) is 93.1 Å². The quantitative estimate of drug-likeness (QED) is 0.288. The summed E-state index contributed by atoms with van der Waals surface area (Å²) in [5.74, 6) is -2.96. The molecule has 208 valence electrons. The van der Waals surface area contributed by atoms with Crippen molar-refractivity contribution in [1.29, 1.82) is 0 Å². The van der Waals surface area contributed by atoms with Crippen molar-refractivity contribution in [2.24, 2.45) is 29.1 Å². The van der Waals surface area contributed by atoms with E-state index in [9.17, 15) is 19.8 Å². The highest BCUT2D eigenvalue weighted by atomic mass is 16.7. The number of fused-ring (bicyclic) bond motifs is 1. The fourth-order valence-electron chi connectivity index (χ4n) is 7.43. The Balaban J connectivity index is 2.05. The van der Waals surface area contributed by atoms with E-state index in [1.54, 1.807) is 0 Å². The van der Waals surface area contributed by atoms with Crippen LogP contribution in [0.3, 0.4) is 0 Å². The summed E-state index contributed by atoms with van der Waals surface area (Å²) >= 11 is 0. The molecule has 0 spiro atoms. The largest absolute Gasteiger partial charge is 0.422 e. The summed E-state index contributed by atoms with van der Waals surface area (Å²) in [6, 6.07) is 0. The van der Waals surface area contributed by atoms with Crippen molar-refractivity contribution in [2.45, 2.75) is 117 Å². The molecule has 3 aliphatic rings. The van der Waals surface area contributed by atoms with Crippen LogP contribution >= 0.6 is 0 Å². The second-order valence-electron chi connectivity index (χ2n) is 12.6. The lowest BCUT2D eigenvalue weighted by Crippen LogP contribution is -2.48. The Kier molecular flexibility index (Phi) is 9.17. The fourth-order valence-corrected chi connectivity index (χ4v) is 7.43. The second-order valence-corrected chi connectivity index (χ2v) is 12.6. The molecule has 0 bridgehead atoms. The van der Waals surface area contributed by atoms with Gasteiger partial charge in [-0.3, -0.25) is 9.59 Å². The Morgan fingerprint density at radius 3 is 2.30 bits per heavy atom. The average molecular weight is 517 g/mol. The van der Waals surface area contributed by atoms with Crippen molar-refractivity contribution in [3.05, 3.63) is 35.5 Å². The van der Waals surface area contributed by atoms with E-state index in [1.165, 1.54) is 20.3 Å². The lowest BCUT2D eigenvalue weighted by molar-refractivity contribution is -0.241. The summed E-state index contributed by atoms with van der Waals surface area (Å²) in [7, 11) is 0. The molecule has 3 saturated carbocycles. The summed E-state index contributed by atoms with van der Waals surface area (Å²) in [6.45, 7) is 15.9. The van der Waals surface area contributed by atoms with Crippen molar-refractivity contribution < 1.29 is 29.3 Å². The minimum atomic E-state index is -1.73. The Morgan fingerprint density at radius 1 is 1.05 bits per heavy atom. The van der Waals surface area contributed by atoms with Crippen LogP contribution in [0.25, 0.3) is 0 Å². The molecule has 0 saturated heterocycles. The summed E-state index contributed by atoms with van der Waals surface area (Å²) < 4.78 is 12.0. The molecule has 0 aromatic carbocycles. The Morgan fingerprint density at radius 2 is 1.70 bits per heavy atom. The first-order valence-electron chi connectivity index (χ1n) is 14.1. The molecular formula is C31H48O6. The zero-order valence-corrected chi connectivity index (χ0v) is 23.8. The third kappa shape index (κ3) is 6.75. The van der Waals surface area contributed by atoms with Gasteiger partial charge in [-0.25, -0.2) is 0 Å². The number of esters is 2. The predicted molar refractivity (Wildman–Crippen MR) is 144 cm³/mol. The predicted octanol–water partition coefficient (Wildman–Crippen LogP) is 6.37. The molecule has 0 aromatic rings. The third-order valence-corrected chi connectivity index (χ3v) is 9.02. The summed E-state index contributed by atoms with van der Waals surface area (Å²) in [5.41, 5.74) is 2.61. The summed E-state index contributed by atoms with van der Waals surface area (Å²) in [6.07, 6.45) is 11.6. The molecule has 0 radical (unpaired) electrons. The molecule has 3 fully saturated rings. The lowest BCUT2D eigenvalue weighted by Gasteiger charge is -2.46. The standard InChI is InChI=1S/C31H48O6/c1-20(2)10-8-11-22(4)27-19-31(36-23(5)32,37-24(6)33)28-25(12-9-16-29(27,28)7)13-14-26-18-30(34,35)17-15-21(26)3/h13-14,20,22,27-28,34-35H,3,8-12,15-19H2,1-2,4-7H3/b25-13+,26-14-/t22-,27-,28+,29-/m1/s1. The van der Waals surface area contributed by atoms with Gasteiger partial charge in [0.15, 0.2) is 5.79 Å². The van der Waals surface area contributed by atoms with Crippen LogP contribution in [0, 0.1) is 29.1 Å². The maximum Gasteiger partial charge on any atom is 0.305 e. The number of hydrogen-bond acceptors (Lipinski definition) is 6. The van der Waals surface area contributed by atoms with Gasteiger partial charge in [0.25, 0.3) is 5.79 Å². The van der Waals surface area contributed by atoms with Crippen molar-refractivity contribution in [1.82, 2.24) is 0 Å². The highest BCUT2D eigenvalue weighted by Gasteiger charge is 2.66. The van der Waals surface area contributed by atoms with E-state index in [1.807, 2.05) is 12.2 Å². The molecule has 2 N–H and O–H groups in total. The minimum Gasteiger partial charge on any atom is -0.422 e. The van der Waals surface area contributed by atoms with Crippen LogP contribution < -0.4 is 0 Å². The van der Waals surface area contributed by atoms with Gasteiger partial charge in [-0.1, -0.05) is 76.8 Å². The van der Waals surface area contributed by atoms with Gasteiger partial charge < -0.3 is 19.7 Å². The van der Waals surface area contributed by atoms with E-state index in [0.717, 1.165) is 48.8 Å². The number of carbonyl (C=O) groups excluding carboxylic acids is 2. The minimum absolute atomic E-state index is 0.131. The van der Waals surface area contributed by atoms with E-state index in [-0.39, 0.29) is 30.1 Å². The monoisotopic (exact) mass is 516 g/mol. The van der Waals surface area contributed by atoms with Crippen molar-refractivity contribution >= 4 is 11.9 Å². The maximum atomic E-state index is 12.4. The van der Waals surface area contributed by atoms with Crippen LogP contribution in [-0.2, 0) is 19.1 Å². The maximum absolute atomic E-state index is 12.4.